The lowest BCUT2D eigenvalue weighted by atomic mass is 9.75. The van der Waals surface area contributed by atoms with Crippen molar-refractivity contribution in [2.75, 3.05) is 27.9 Å². The van der Waals surface area contributed by atoms with Crippen molar-refractivity contribution in [3.63, 3.8) is 0 Å². The predicted octanol–water partition coefficient (Wildman–Crippen LogP) is 2.66. The first kappa shape index (κ1) is 17.5. The highest BCUT2D eigenvalue weighted by atomic mass is 16.5. The number of rotatable bonds is 4. The summed E-state index contributed by atoms with van der Waals surface area (Å²) in [5.74, 6) is 1.86. The fraction of sp³-hybridized carbons (Fsp3) is 0.684. The van der Waals surface area contributed by atoms with Crippen LogP contribution in [-0.2, 0) is 0 Å². The number of hydrogen-bond acceptors (Lipinski definition) is 5. The van der Waals surface area contributed by atoms with E-state index in [0.717, 1.165) is 11.1 Å². The molecular weight excluding hydrogens is 306 g/mol. The van der Waals surface area contributed by atoms with Gasteiger partial charge in [-0.25, -0.2) is 0 Å². The number of likely N-dealkylation sites (N-methyl/N-ethyl adjacent to an activating group) is 1. The van der Waals surface area contributed by atoms with Gasteiger partial charge in [0.2, 0.25) is 0 Å². The van der Waals surface area contributed by atoms with E-state index in [-0.39, 0.29) is 18.7 Å². The zero-order valence-corrected chi connectivity index (χ0v) is 14.9. The number of benzene rings is 1. The Morgan fingerprint density at radius 1 is 1.04 bits per heavy atom. The van der Waals surface area contributed by atoms with E-state index in [1.54, 1.807) is 14.2 Å². The molecule has 5 heteroatoms. The van der Waals surface area contributed by atoms with Crippen molar-refractivity contribution in [1.29, 1.82) is 0 Å². The maximum Gasteiger partial charge on any atom is 0.161 e. The molecule has 0 unspecified atom stereocenters. The summed E-state index contributed by atoms with van der Waals surface area (Å²) < 4.78 is 10.9. The number of methoxy groups -OCH3 is 2. The van der Waals surface area contributed by atoms with E-state index >= 15 is 0 Å². The average molecular weight is 335 g/mol. The largest absolute Gasteiger partial charge is 0.493 e. The molecule has 0 aromatic heterocycles. The van der Waals surface area contributed by atoms with Gasteiger partial charge in [-0.1, -0.05) is 19.3 Å². The molecule has 1 fully saturated rings. The van der Waals surface area contributed by atoms with Crippen LogP contribution in [0, 0.1) is 5.92 Å². The van der Waals surface area contributed by atoms with Gasteiger partial charge >= 0.3 is 0 Å². The Morgan fingerprint density at radius 3 is 2.17 bits per heavy atom. The molecule has 3 atom stereocenters. The first-order valence-corrected chi connectivity index (χ1v) is 8.89. The van der Waals surface area contributed by atoms with Crippen LogP contribution in [0.3, 0.4) is 0 Å². The van der Waals surface area contributed by atoms with Crippen molar-refractivity contribution in [1.82, 2.24) is 4.90 Å². The zero-order valence-electron chi connectivity index (χ0n) is 14.9. The second-order valence-corrected chi connectivity index (χ2v) is 7.04. The van der Waals surface area contributed by atoms with Crippen molar-refractivity contribution in [2.24, 2.45) is 5.92 Å². The second kappa shape index (κ2) is 7.30. The Morgan fingerprint density at radius 2 is 1.62 bits per heavy atom. The lowest BCUT2D eigenvalue weighted by Gasteiger charge is -2.47. The third-order valence-electron chi connectivity index (χ3n) is 5.84. The van der Waals surface area contributed by atoms with Gasteiger partial charge < -0.3 is 19.7 Å². The van der Waals surface area contributed by atoms with Crippen molar-refractivity contribution in [3.05, 3.63) is 23.3 Å². The van der Waals surface area contributed by atoms with E-state index in [9.17, 15) is 10.2 Å². The molecule has 134 valence electrons. The average Bonchev–Trinajstić information content (AvgIpc) is 2.62. The van der Waals surface area contributed by atoms with Gasteiger partial charge in [-0.2, -0.15) is 0 Å². The molecule has 24 heavy (non-hydrogen) atoms. The summed E-state index contributed by atoms with van der Waals surface area (Å²) in [7, 11) is 5.26. The van der Waals surface area contributed by atoms with E-state index in [1.165, 1.54) is 32.1 Å². The second-order valence-electron chi connectivity index (χ2n) is 7.04. The van der Waals surface area contributed by atoms with E-state index in [4.69, 9.17) is 9.47 Å². The molecule has 2 N–H and O–H groups in total. The van der Waals surface area contributed by atoms with E-state index in [1.807, 2.05) is 19.2 Å². The number of ether oxygens (including phenoxy) is 2. The molecule has 0 bridgehead atoms. The van der Waals surface area contributed by atoms with Crippen LogP contribution >= 0.6 is 0 Å². The van der Waals surface area contributed by atoms with Gasteiger partial charge in [0.05, 0.1) is 33.0 Å². The molecule has 5 nitrogen and oxygen atoms in total. The smallest absolute Gasteiger partial charge is 0.161 e. The summed E-state index contributed by atoms with van der Waals surface area (Å²) in [4.78, 5) is 2.16. The first-order chi connectivity index (χ1) is 11.6. The lowest BCUT2D eigenvalue weighted by molar-refractivity contribution is -0.0276. The van der Waals surface area contributed by atoms with Crippen LogP contribution in [0.4, 0.5) is 0 Å². The molecule has 1 heterocycles. The molecule has 0 saturated heterocycles. The van der Waals surface area contributed by atoms with Crippen LogP contribution in [0.2, 0.25) is 0 Å². The number of aliphatic hydroxyl groups excluding tert-OH is 2. The Bertz CT molecular complexity index is 571. The molecule has 0 amide bonds. The highest BCUT2D eigenvalue weighted by Crippen LogP contribution is 2.48. The summed E-state index contributed by atoms with van der Waals surface area (Å²) in [6.45, 7) is -0.0608. The van der Waals surface area contributed by atoms with Crippen LogP contribution in [0.5, 0.6) is 11.5 Å². The minimum atomic E-state index is -0.727. The van der Waals surface area contributed by atoms with Crippen LogP contribution in [0.1, 0.15) is 55.4 Å². The summed E-state index contributed by atoms with van der Waals surface area (Å²) >= 11 is 0. The van der Waals surface area contributed by atoms with Crippen LogP contribution < -0.4 is 9.47 Å². The van der Waals surface area contributed by atoms with Crippen LogP contribution in [0.15, 0.2) is 12.1 Å². The normalized spacial score (nSPS) is 28.5. The van der Waals surface area contributed by atoms with Crippen LogP contribution in [0.25, 0.3) is 0 Å². The molecule has 0 radical (unpaired) electrons. The third kappa shape index (κ3) is 2.89. The zero-order chi connectivity index (χ0) is 17.3. The van der Waals surface area contributed by atoms with Gasteiger partial charge in [0.25, 0.3) is 0 Å². The summed E-state index contributed by atoms with van der Waals surface area (Å²) in [5.41, 5.74) is 1.97. The fourth-order valence-electron chi connectivity index (χ4n) is 4.54. The van der Waals surface area contributed by atoms with Gasteiger partial charge in [0.15, 0.2) is 11.5 Å². The molecule has 0 spiro atoms. The Hall–Kier alpha value is -1.30. The minimum Gasteiger partial charge on any atom is -0.493 e. The molecule has 1 saturated carbocycles. The van der Waals surface area contributed by atoms with Gasteiger partial charge in [-0.3, -0.25) is 4.90 Å². The maximum atomic E-state index is 10.8. The molecule has 1 aromatic carbocycles. The van der Waals surface area contributed by atoms with Crippen LogP contribution in [-0.4, -0.2) is 49.0 Å². The van der Waals surface area contributed by atoms with Gasteiger partial charge in [0.1, 0.15) is 0 Å². The standard InChI is InChI=1S/C19H29NO4/c1-20-15(11-21)19(22)14-10-17(24-3)16(23-2)9-13(14)18(20)12-7-5-4-6-8-12/h9-10,12,15,18-19,21-22H,4-8,11H2,1-3H3/t15-,18-,19+/m0/s1. The highest BCUT2D eigenvalue weighted by Gasteiger charge is 2.42. The molecule has 1 aliphatic carbocycles. The minimum absolute atomic E-state index is 0.0608. The van der Waals surface area contributed by atoms with Gasteiger partial charge in [-0.15, -0.1) is 0 Å². The maximum absolute atomic E-state index is 10.8. The SMILES string of the molecule is COc1cc2c(cc1OC)[C@H](C1CCCCC1)N(C)[C@@H](CO)[C@@H]2O. The van der Waals surface area contributed by atoms with Crippen molar-refractivity contribution in [2.45, 2.75) is 50.3 Å². The monoisotopic (exact) mass is 335 g/mol. The third-order valence-corrected chi connectivity index (χ3v) is 5.84. The lowest BCUT2D eigenvalue weighted by Crippen LogP contribution is -2.48. The molecule has 1 aliphatic heterocycles. The Labute approximate surface area is 144 Å². The fourth-order valence-corrected chi connectivity index (χ4v) is 4.54. The first-order valence-electron chi connectivity index (χ1n) is 8.89. The molecule has 2 aliphatic rings. The summed E-state index contributed by atoms with van der Waals surface area (Å²) in [6, 6.07) is 3.80. The van der Waals surface area contributed by atoms with Gasteiger partial charge in [-0.05, 0) is 49.1 Å². The quantitative estimate of drug-likeness (QED) is 0.886. The molecular formula is C19H29NO4. The van der Waals surface area contributed by atoms with Crippen molar-refractivity contribution >= 4 is 0 Å². The van der Waals surface area contributed by atoms with E-state index in [0.29, 0.717) is 17.4 Å². The van der Waals surface area contributed by atoms with Crippen molar-refractivity contribution in [3.8, 4) is 11.5 Å². The number of nitrogens with zero attached hydrogens (tertiary/aromatic N) is 1. The number of aliphatic hydroxyl groups is 2. The Kier molecular flexibility index (Phi) is 5.33. The predicted molar refractivity (Wildman–Crippen MR) is 92.5 cm³/mol. The van der Waals surface area contributed by atoms with E-state index in [2.05, 4.69) is 4.90 Å². The Balaban J connectivity index is 2.10. The summed E-state index contributed by atoms with van der Waals surface area (Å²) in [6.07, 6.45) is 5.47. The molecule has 3 rings (SSSR count). The van der Waals surface area contributed by atoms with Crippen molar-refractivity contribution < 1.29 is 19.7 Å². The topological polar surface area (TPSA) is 62.2 Å². The summed E-state index contributed by atoms with van der Waals surface area (Å²) in [5, 5.41) is 20.6. The number of hydrogen-bond donors (Lipinski definition) is 2. The van der Waals surface area contributed by atoms with Gasteiger partial charge in [0, 0.05) is 6.04 Å². The van der Waals surface area contributed by atoms with E-state index < -0.39 is 6.10 Å². The number of fused-ring (bicyclic) bond motifs is 1. The molecule has 1 aromatic rings. The highest BCUT2D eigenvalue weighted by molar-refractivity contribution is 5.51.